The van der Waals surface area contributed by atoms with Gasteiger partial charge in [-0.1, -0.05) is 0 Å². The molecule has 0 aliphatic rings. The molecule has 0 radical (unpaired) electrons. The molecule has 0 spiro atoms. The number of hydrogen-bond donors (Lipinski definition) is 3. The topological polar surface area (TPSA) is 87.0 Å². The van der Waals surface area contributed by atoms with Crippen molar-refractivity contribution in [1.82, 2.24) is 0 Å². The molecule has 0 amide bonds. The fourth-order valence-corrected chi connectivity index (χ4v) is 0. The van der Waals surface area contributed by atoms with Gasteiger partial charge < -0.3 is 9.79 Å². The number of rotatable bonds is 1. The Morgan fingerprint density at radius 1 is 1.11 bits per heavy atom. The molecule has 0 bridgehead atoms. The second-order valence-corrected chi connectivity index (χ2v) is 1.72. The zero-order chi connectivity index (χ0) is 5.21. The fourth-order valence-electron chi connectivity index (χ4n) is 0. The third-order valence-corrected chi connectivity index (χ3v) is 0.319. The number of phosphoric acid groups is 1. The first-order valence-electron chi connectivity index (χ1n) is 0.948. The van der Waals surface area contributed by atoms with Crippen molar-refractivity contribution in [3.8, 4) is 0 Å². The van der Waals surface area contributed by atoms with Crippen molar-refractivity contribution in [1.29, 1.82) is 0 Å². The van der Waals surface area contributed by atoms with Gasteiger partial charge in [-0.2, -0.15) is 0 Å². The van der Waals surface area contributed by atoms with Crippen molar-refractivity contribution in [3.63, 3.8) is 0 Å². The van der Waals surface area contributed by atoms with E-state index in [1.807, 2.05) is 0 Å². The molecular weight excluding hydrogens is 180 g/mol. The van der Waals surface area contributed by atoms with E-state index in [1.165, 1.54) is 0 Å². The Kier molecular flexibility index (Phi) is 27.9. The molecule has 3 N–H and O–H groups in total. The predicted octanol–water partition coefficient (Wildman–Crippen LogP) is -2.38. The molecule has 0 aromatic carbocycles. The summed E-state index contributed by atoms with van der Waals surface area (Å²) in [7, 11) is -4.59. The zero-order valence-corrected chi connectivity index (χ0v) is 3.50. The van der Waals surface area contributed by atoms with Crippen molar-refractivity contribution in [2.24, 2.45) is 0 Å². The molecule has 0 aliphatic heterocycles. The van der Waals surface area contributed by atoms with Gasteiger partial charge in [-0.05, 0) is 0 Å². The fraction of sp³-hybridized carbons (Fsp3) is 0. The molecule has 0 unspecified atom stereocenters. The molecule has 0 saturated heterocycles. The van der Waals surface area contributed by atoms with Crippen LogP contribution in [0.2, 0.25) is 0 Å². The summed E-state index contributed by atoms with van der Waals surface area (Å²) in [6.45, 7) is 0. The Balaban J connectivity index is -0.0000000417. The third kappa shape index (κ3) is 24.7. The van der Waals surface area contributed by atoms with Gasteiger partial charge in [0.2, 0.25) is 0 Å². The Morgan fingerprint density at radius 2 is 1.22 bits per heavy atom. The first kappa shape index (κ1) is 22.7. The Hall–Kier alpha value is 3.07. The first-order valence-corrected chi connectivity index (χ1v) is 2.48. The summed E-state index contributed by atoms with van der Waals surface area (Å²) in [5.41, 5.74) is 0. The van der Waals surface area contributed by atoms with Crippen LogP contribution in [0.25, 0.3) is 0 Å². The van der Waals surface area contributed by atoms with Crippen molar-refractivity contribution in [2.75, 3.05) is 0 Å². The average Bonchev–Trinajstić information content (AvgIpc) is 1.35. The molecular formula is H6Na3O5P. The molecule has 0 saturated carbocycles. The molecule has 0 heterocycles. The van der Waals surface area contributed by atoms with Gasteiger partial charge >= 0.3 is 96.5 Å². The van der Waals surface area contributed by atoms with Crippen LogP contribution in [0, 0.1) is 0 Å². The van der Waals surface area contributed by atoms with Gasteiger partial charge in [0.05, 0.1) is 0 Å². The van der Waals surface area contributed by atoms with Crippen molar-refractivity contribution >= 4 is 96.5 Å². The number of hydrogen-bond acceptors (Lipinski definition) is 3. The molecule has 0 atom stereocenters. The van der Waals surface area contributed by atoms with E-state index in [9.17, 15) is 4.57 Å². The first-order chi connectivity index (χ1) is 2.56. The van der Waals surface area contributed by atoms with Gasteiger partial charge in [0, 0.05) is 0 Å². The van der Waals surface area contributed by atoms with Crippen LogP contribution in [0.4, 0.5) is 0 Å². The van der Waals surface area contributed by atoms with Crippen LogP contribution in [-0.4, -0.2) is 104 Å². The molecule has 0 aromatic rings. The van der Waals surface area contributed by atoms with E-state index in [0.717, 1.165) is 0 Å². The molecule has 9 heteroatoms. The summed E-state index contributed by atoms with van der Waals surface area (Å²) in [5, 5.41) is 7.14. The summed E-state index contributed by atoms with van der Waals surface area (Å²) in [6, 6.07) is 0. The van der Waals surface area contributed by atoms with E-state index >= 15 is 0 Å². The maximum absolute atomic E-state index is 9.22. The van der Waals surface area contributed by atoms with Crippen LogP contribution in [-0.2, 0) is 9.24 Å². The second-order valence-electron chi connectivity index (χ2n) is 0.572. The molecule has 5 nitrogen and oxygen atoms in total. The Bertz CT molecular complexity index is 76.3. The zero-order valence-electron chi connectivity index (χ0n) is 2.61. The van der Waals surface area contributed by atoms with E-state index in [4.69, 9.17) is 15.0 Å². The van der Waals surface area contributed by atoms with Gasteiger partial charge in [-0.15, -0.1) is 4.67 Å². The van der Waals surface area contributed by atoms with Crippen LogP contribution < -0.4 is 0 Å². The average molecular weight is 186 g/mol. The van der Waals surface area contributed by atoms with Crippen LogP contribution in [0.1, 0.15) is 0 Å². The molecule has 0 rings (SSSR count). The van der Waals surface area contributed by atoms with E-state index in [1.54, 1.807) is 0 Å². The SMILES string of the molecule is O=P(O)(O)OO.[NaH].[NaH].[NaH]. The Morgan fingerprint density at radius 3 is 1.22 bits per heavy atom. The molecule has 9 heavy (non-hydrogen) atoms. The van der Waals surface area contributed by atoms with Gasteiger partial charge in [-0.25, -0.2) is 9.82 Å². The monoisotopic (exact) mass is 186 g/mol. The minimum atomic E-state index is -4.59. The van der Waals surface area contributed by atoms with E-state index < -0.39 is 7.82 Å². The van der Waals surface area contributed by atoms with Crippen LogP contribution in [0.15, 0.2) is 0 Å². The molecule has 44 valence electrons. The second kappa shape index (κ2) is 11.1. The maximum atomic E-state index is 9.22. The van der Waals surface area contributed by atoms with Crippen molar-refractivity contribution in [3.05, 3.63) is 0 Å². The van der Waals surface area contributed by atoms with E-state index in [2.05, 4.69) is 4.67 Å². The van der Waals surface area contributed by atoms with E-state index in [0.29, 0.717) is 0 Å². The molecule has 0 fully saturated rings. The third-order valence-electron chi connectivity index (χ3n) is 0.106. The van der Waals surface area contributed by atoms with Gasteiger partial charge in [0.25, 0.3) is 0 Å². The van der Waals surface area contributed by atoms with Gasteiger partial charge in [-0.3, -0.25) is 0 Å². The predicted molar refractivity (Wildman–Crippen MR) is 37.2 cm³/mol. The van der Waals surface area contributed by atoms with Gasteiger partial charge in [0.15, 0.2) is 0 Å². The normalized spacial score (nSPS) is 7.89. The van der Waals surface area contributed by atoms with Crippen LogP contribution in [0.3, 0.4) is 0 Å². The standard InChI is InChI=1S/3Na.H3O5P.3H/c;;;1-5-6(2,3)4;;;/h;;;1H,(H2,2,3,4);;;. The molecule has 0 aliphatic carbocycles. The minimum absolute atomic E-state index is 0. The van der Waals surface area contributed by atoms with Crippen LogP contribution in [0.5, 0.6) is 0 Å². The van der Waals surface area contributed by atoms with Crippen LogP contribution >= 0.6 is 7.82 Å². The Labute approximate surface area is 119 Å². The van der Waals surface area contributed by atoms with Crippen molar-refractivity contribution in [2.45, 2.75) is 0 Å². The van der Waals surface area contributed by atoms with Crippen molar-refractivity contribution < 1.29 is 24.3 Å². The summed E-state index contributed by atoms with van der Waals surface area (Å²) in [5.74, 6) is 0. The summed E-state index contributed by atoms with van der Waals surface area (Å²) in [6.07, 6.45) is 0. The van der Waals surface area contributed by atoms with E-state index in [-0.39, 0.29) is 88.7 Å². The van der Waals surface area contributed by atoms with Gasteiger partial charge in [0.1, 0.15) is 0 Å². The molecule has 0 aromatic heterocycles. The summed E-state index contributed by atoms with van der Waals surface area (Å²) >= 11 is 0. The summed E-state index contributed by atoms with van der Waals surface area (Å²) < 4.78 is 11.8. The summed E-state index contributed by atoms with van der Waals surface area (Å²) in [4.78, 5) is 14.9. The quantitative estimate of drug-likeness (QED) is 0.184.